The van der Waals surface area contributed by atoms with Crippen LogP contribution in [0.15, 0.2) is 42.6 Å². The molecule has 90 valence electrons. The van der Waals surface area contributed by atoms with Crippen molar-refractivity contribution in [2.45, 2.75) is 0 Å². The van der Waals surface area contributed by atoms with Gasteiger partial charge in [0.1, 0.15) is 11.3 Å². The van der Waals surface area contributed by atoms with Gasteiger partial charge in [-0.2, -0.15) is 0 Å². The predicted octanol–water partition coefficient (Wildman–Crippen LogP) is 2.83. The molecule has 0 unspecified atom stereocenters. The second-order valence-electron chi connectivity index (χ2n) is 3.44. The number of benzene rings is 1. The molecule has 0 N–H and O–H groups in total. The molecule has 0 spiro atoms. The van der Waals surface area contributed by atoms with Crippen molar-refractivity contribution in [2.24, 2.45) is 0 Å². The van der Waals surface area contributed by atoms with Crippen LogP contribution >= 0.6 is 22.6 Å². The number of halogens is 1. The van der Waals surface area contributed by atoms with E-state index in [1.165, 1.54) is 18.3 Å². The van der Waals surface area contributed by atoms with Gasteiger partial charge in [0.25, 0.3) is 5.69 Å². The van der Waals surface area contributed by atoms with E-state index < -0.39 is 10.7 Å². The first-order valence-corrected chi connectivity index (χ1v) is 6.08. The summed E-state index contributed by atoms with van der Waals surface area (Å²) in [6.45, 7) is 0. The van der Waals surface area contributed by atoms with E-state index >= 15 is 0 Å². The quantitative estimate of drug-likeness (QED) is 0.368. The maximum absolute atomic E-state index is 12.2. The molecule has 0 aliphatic rings. The second-order valence-corrected chi connectivity index (χ2v) is 4.60. The molecule has 0 saturated heterocycles. The van der Waals surface area contributed by atoms with Gasteiger partial charge in [-0.1, -0.05) is 12.1 Å². The molecule has 0 amide bonds. The largest absolute Gasteiger partial charge is 0.287 e. The number of nitro benzene ring substituents is 1. The summed E-state index contributed by atoms with van der Waals surface area (Å²) < 4.78 is 0.539. The Labute approximate surface area is 116 Å². The monoisotopic (exact) mass is 354 g/mol. The van der Waals surface area contributed by atoms with Gasteiger partial charge in [0.15, 0.2) is 0 Å². The molecule has 2 rings (SSSR count). The fraction of sp³-hybridized carbons (Fsp3) is 0. The Hall–Kier alpha value is -1.83. The molecule has 0 radical (unpaired) electrons. The third-order valence-corrected chi connectivity index (χ3v) is 3.21. The zero-order valence-electron chi connectivity index (χ0n) is 9.04. The molecule has 6 heteroatoms. The van der Waals surface area contributed by atoms with Crippen molar-refractivity contribution in [1.29, 1.82) is 0 Å². The van der Waals surface area contributed by atoms with E-state index in [-0.39, 0.29) is 16.9 Å². The average Bonchev–Trinajstić information content (AvgIpc) is 2.38. The average molecular weight is 354 g/mol. The lowest BCUT2D eigenvalue weighted by Crippen LogP contribution is -2.09. The number of ketones is 1. The Kier molecular flexibility index (Phi) is 3.66. The predicted molar refractivity (Wildman–Crippen MR) is 73.5 cm³/mol. The highest BCUT2D eigenvalue weighted by Gasteiger charge is 2.24. The van der Waals surface area contributed by atoms with Crippen molar-refractivity contribution in [2.75, 3.05) is 0 Å². The molecule has 1 heterocycles. The number of aromatic nitrogens is 1. The molecule has 2 aromatic rings. The van der Waals surface area contributed by atoms with E-state index in [4.69, 9.17) is 0 Å². The minimum Gasteiger partial charge on any atom is -0.287 e. The number of carbonyl (C=O) groups is 1. The number of nitro groups is 1. The third kappa shape index (κ3) is 2.37. The number of rotatable bonds is 3. The van der Waals surface area contributed by atoms with Gasteiger partial charge in [-0.3, -0.25) is 19.9 Å². The number of pyridine rings is 1. The van der Waals surface area contributed by atoms with E-state index in [0.29, 0.717) is 3.57 Å². The van der Waals surface area contributed by atoms with Crippen molar-refractivity contribution in [3.63, 3.8) is 0 Å². The van der Waals surface area contributed by atoms with Crippen molar-refractivity contribution in [3.05, 3.63) is 67.5 Å². The van der Waals surface area contributed by atoms with Crippen LogP contribution in [0.3, 0.4) is 0 Å². The lowest BCUT2D eigenvalue weighted by atomic mass is 10.1. The summed E-state index contributed by atoms with van der Waals surface area (Å²) in [5.74, 6) is -0.438. The summed E-state index contributed by atoms with van der Waals surface area (Å²) >= 11 is 1.91. The molecule has 5 nitrogen and oxygen atoms in total. The van der Waals surface area contributed by atoms with Crippen LogP contribution in [0.2, 0.25) is 0 Å². The van der Waals surface area contributed by atoms with E-state index in [1.807, 2.05) is 22.6 Å². The smallest absolute Gasteiger partial charge is 0.281 e. The number of hydrogen-bond donors (Lipinski definition) is 0. The van der Waals surface area contributed by atoms with Crippen LogP contribution in [0.25, 0.3) is 0 Å². The van der Waals surface area contributed by atoms with E-state index in [9.17, 15) is 14.9 Å². The molecular formula is C12H7IN2O3. The molecular weight excluding hydrogens is 347 g/mol. The Balaban J connectivity index is 2.58. The number of hydrogen-bond acceptors (Lipinski definition) is 4. The van der Waals surface area contributed by atoms with Crippen molar-refractivity contribution in [1.82, 2.24) is 4.98 Å². The van der Waals surface area contributed by atoms with Crippen LogP contribution in [-0.2, 0) is 0 Å². The molecule has 1 aromatic heterocycles. The Bertz CT molecular complexity index is 614. The van der Waals surface area contributed by atoms with Crippen LogP contribution in [-0.4, -0.2) is 15.7 Å². The van der Waals surface area contributed by atoms with Gasteiger partial charge in [0.05, 0.1) is 4.92 Å². The Morgan fingerprint density at radius 2 is 2.00 bits per heavy atom. The maximum atomic E-state index is 12.2. The lowest BCUT2D eigenvalue weighted by molar-refractivity contribution is -0.385. The molecule has 0 bridgehead atoms. The molecule has 0 saturated carbocycles. The second kappa shape index (κ2) is 5.21. The van der Waals surface area contributed by atoms with Crippen LogP contribution in [0.5, 0.6) is 0 Å². The van der Waals surface area contributed by atoms with Crippen molar-refractivity contribution < 1.29 is 9.72 Å². The summed E-state index contributed by atoms with van der Waals surface area (Å²) in [7, 11) is 0. The zero-order chi connectivity index (χ0) is 13.1. The summed E-state index contributed by atoms with van der Waals surface area (Å²) in [6.07, 6.45) is 1.48. The summed E-state index contributed by atoms with van der Waals surface area (Å²) in [4.78, 5) is 26.5. The number of carbonyl (C=O) groups excluding carboxylic acids is 1. The fourth-order valence-electron chi connectivity index (χ4n) is 1.51. The molecule has 0 atom stereocenters. The first-order valence-electron chi connectivity index (χ1n) is 5.00. The van der Waals surface area contributed by atoms with E-state index in [2.05, 4.69) is 4.98 Å². The zero-order valence-corrected chi connectivity index (χ0v) is 11.2. The fourth-order valence-corrected chi connectivity index (χ4v) is 2.24. The van der Waals surface area contributed by atoms with Gasteiger partial charge < -0.3 is 0 Å². The van der Waals surface area contributed by atoms with Crippen LogP contribution < -0.4 is 0 Å². The summed E-state index contributed by atoms with van der Waals surface area (Å²) in [5.41, 5.74) is 0.0871. The minimum atomic E-state index is -0.557. The minimum absolute atomic E-state index is 0.0850. The van der Waals surface area contributed by atoms with Crippen LogP contribution in [0.4, 0.5) is 5.69 Å². The van der Waals surface area contributed by atoms with Crippen LogP contribution in [0, 0.1) is 13.7 Å². The standard InChI is InChI=1S/C12H7IN2O3/c13-8-4-3-6-10(15(17)18)11(8)12(16)9-5-1-2-7-14-9/h1-7H. The number of nitrogens with zero attached hydrogens (tertiary/aromatic N) is 2. The van der Waals surface area contributed by atoms with E-state index in [0.717, 1.165) is 0 Å². The van der Waals surface area contributed by atoms with Crippen molar-refractivity contribution >= 4 is 34.1 Å². The SMILES string of the molecule is O=C(c1ccccn1)c1c(I)cccc1[N+](=O)[O-]. The molecule has 0 aliphatic carbocycles. The Morgan fingerprint density at radius 1 is 1.22 bits per heavy atom. The molecule has 0 fully saturated rings. The first-order chi connectivity index (χ1) is 8.61. The highest BCUT2D eigenvalue weighted by Crippen LogP contribution is 2.25. The summed E-state index contributed by atoms with van der Waals surface area (Å²) in [6, 6.07) is 9.41. The normalized spacial score (nSPS) is 10.1. The molecule has 1 aromatic carbocycles. The molecule has 0 aliphatic heterocycles. The third-order valence-electron chi connectivity index (χ3n) is 2.31. The lowest BCUT2D eigenvalue weighted by Gasteiger charge is -2.04. The van der Waals surface area contributed by atoms with Crippen molar-refractivity contribution in [3.8, 4) is 0 Å². The molecule has 18 heavy (non-hydrogen) atoms. The topological polar surface area (TPSA) is 73.1 Å². The summed E-state index contributed by atoms with van der Waals surface area (Å²) in [5, 5.41) is 10.9. The van der Waals surface area contributed by atoms with Gasteiger partial charge in [0, 0.05) is 15.8 Å². The van der Waals surface area contributed by atoms with Gasteiger partial charge >= 0.3 is 0 Å². The van der Waals surface area contributed by atoms with Gasteiger partial charge in [-0.05, 0) is 40.8 Å². The van der Waals surface area contributed by atoms with E-state index in [1.54, 1.807) is 24.3 Å². The maximum Gasteiger partial charge on any atom is 0.281 e. The first kappa shape index (κ1) is 12.6. The van der Waals surface area contributed by atoms with Gasteiger partial charge in [0.2, 0.25) is 5.78 Å². The highest BCUT2D eigenvalue weighted by molar-refractivity contribution is 14.1. The Morgan fingerprint density at radius 3 is 2.61 bits per heavy atom. The van der Waals surface area contributed by atoms with Crippen LogP contribution in [0.1, 0.15) is 16.1 Å². The highest BCUT2D eigenvalue weighted by atomic mass is 127. The van der Waals surface area contributed by atoms with Gasteiger partial charge in [-0.15, -0.1) is 0 Å². The van der Waals surface area contributed by atoms with Gasteiger partial charge in [-0.25, -0.2) is 0 Å².